The maximum absolute atomic E-state index is 12.4. The van der Waals surface area contributed by atoms with E-state index in [2.05, 4.69) is 11.4 Å². The molecule has 0 aliphatic heterocycles. The van der Waals surface area contributed by atoms with Crippen LogP contribution in [0, 0.1) is 24.2 Å². The Labute approximate surface area is 115 Å². The molecular weight excluding hydrogens is 236 g/mol. The molecule has 0 fully saturated rings. The number of nitrogens with one attached hydrogen (secondary N) is 1. The Morgan fingerprint density at radius 2 is 1.79 bits per heavy atom. The fourth-order valence-corrected chi connectivity index (χ4v) is 2.03. The molecule has 3 nitrogen and oxygen atoms in total. The van der Waals surface area contributed by atoms with Crippen LogP contribution in [0.15, 0.2) is 24.3 Å². The van der Waals surface area contributed by atoms with Crippen molar-refractivity contribution in [2.24, 2.45) is 5.92 Å². The van der Waals surface area contributed by atoms with Crippen LogP contribution in [0.3, 0.4) is 0 Å². The molecule has 0 heterocycles. The molecule has 0 saturated heterocycles. The number of rotatable bonds is 4. The molecule has 1 N–H and O–H groups in total. The SMILES string of the molecule is Cc1ccc(C(C(=O)NC(C)(C)C#N)C(C)C)cc1. The van der Waals surface area contributed by atoms with Crippen LogP contribution in [0.4, 0.5) is 0 Å². The summed E-state index contributed by atoms with van der Waals surface area (Å²) in [6.07, 6.45) is 0. The van der Waals surface area contributed by atoms with Gasteiger partial charge in [0.1, 0.15) is 5.54 Å². The molecule has 0 spiro atoms. The molecule has 0 aliphatic rings. The highest BCUT2D eigenvalue weighted by Gasteiger charge is 2.28. The fraction of sp³-hybridized carbons (Fsp3) is 0.500. The summed E-state index contributed by atoms with van der Waals surface area (Å²) in [6.45, 7) is 9.47. The zero-order valence-corrected chi connectivity index (χ0v) is 12.3. The molecule has 1 unspecified atom stereocenters. The first-order valence-electron chi connectivity index (χ1n) is 6.56. The van der Waals surface area contributed by atoms with E-state index < -0.39 is 5.54 Å². The standard InChI is InChI=1S/C16H22N2O/c1-11(2)14(13-8-6-12(3)7-9-13)15(19)18-16(4,5)10-17/h6-9,11,14H,1-5H3,(H,18,19). The van der Waals surface area contributed by atoms with E-state index in [1.807, 2.05) is 45.0 Å². The van der Waals surface area contributed by atoms with E-state index in [0.717, 1.165) is 5.56 Å². The second-order valence-electron chi connectivity index (χ2n) is 5.86. The molecule has 19 heavy (non-hydrogen) atoms. The Hall–Kier alpha value is -1.82. The molecule has 3 heteroatoms. The van der Waals surface area contributed by atoms with Crippen molar-refractivity contribution in [3.63, 3.8) is 0 Å². The van der Waals surface area contributed by atoms with Gasteiger partial charge in [-0.15, -0.1) is 0 Å². The first kappa shape index (κ1) is 15.2. The van der Waals surface area contributed by atoms with Crippen LogP contribution in [0.2, 0.25) is 0 Å². The van der Waals surface area contributed by atoms with Gasteiger partial charge in [0.15, 0.2) is 0 Å². The summed E-state index contributed by atoms with van der Waals surface area (Å²) in [4.78, 5) is 12.4. The van der Waals surface area contributed by atoms with Crippen molar-refractivity contribution in [2.75, 3.05) is 0 Å². The first-order chi connectivity index (χ1) is 8.76. The van der Waals surface area contributed by atoms with Crippen LogP contribution < -0.4 is 5.32 Å². The second kappa shape index (κ2) is 5.88. The van der Waals surface area contributed by atoms with Gasteiger partial charge in [0, 0.05) is 0 Å². The van der Waals surface area contributed by atoms with E-state index >= 15 is 0 Å². The molecule has 1 amide bonds. The minimum absolute atomic E-state index is 0.0922. The summed E-state index contributed by atoms with van der Waals surface area (Å²) in [5.74, 6) is -0.143. The van der Waals surface area contributed by atoms with E-state index in [1.165, 1.54) is 5.56 Å². The van der Waals surface area contributed by atoms with Gasteiger partial charge in [-0.05, 0) is 32.3 Å². The zero-order valence-electron chi connectivity index (χ0n) is 12.3. The van der Waals surface area contributed by atoms with Gasteiger partial charge in [0.25, 0.3) is 0 Å². The predicted molar refractivity (Wildman–Crippen MR) is 76.6 cm³/mol. The van der Waals surface area contributed by atoms with Crippen molar-refractivity contribution >= 4 is 5.91 Å². The van der Waals surface area contributed by atoms with Crippen LogP contribution in [0.1, 0.15) is 44.7 Å². The zero-order chi connectivity index (χ0) is 14.6. The van der Waals surface area contributed by atoms with Gasteiger partial charge in [0.2, 0.25) is 5.91 Å². The Kier molecular flexibility index (Phi) is 4.72. The fourth-order valence-electron chi connectivity index (χ4n) is 2.03. The lowest BCUT2D eigenvalue weighted by Crippen LogP contribution is -2.45. The molecular formula is C16H22N2O. The number of aryl methyl sites for hydroxylation is 1. The highest BCUT2D eigenvalue weighted by Crippen LogP contribution is 2.25. The van der Waals surface area contributed by atoms with Crippen LogP contribution in [0.5, 0.6) is 0 Å². The van der Waals surface area contributed by atoms with E-state index in [-0.39, 0.29) is 17.7 Å². The van der Waals surface area contributed by atoms with Crippen molar-refractivity contribution < 1.29 is 4.79 Å². The molecule has 102 valence electrons. The maximum Gasteiger partial charge on any atom is 0.229 e. The topological polar surface area (TPSA) is 52.9 Å². The number of nitriles is 1. The summed E-state index contributed by atoms with van der Waals surface area (Å²) < 4.78 is 0. The average Bonchev–Trinajstić information content (AvgIpc) is 2.31. The number of hydrogen-bond acceptors (Lipinski definition) is 2. The van der Waals surface area contributed by atoms with Gasteiger partial charge >= 0.3 is 0 Å². The third-order valence-corrected chi connectivity index (χ3v) is 3.10. The predicted octanol–water partition coefficient (Wildman–Crippen LogP) is 3.15. The number of carbonyl (C=O) groups is 1. The Balaban J connectivity index is 2.99. The van der Waals surface area contributed by atoms with Crippen molar-refractivity contribution in [1.82, 2.24) is 5.32 Å². The van der Waals surface area contributed by atoms with Crippen molar-refractivity contribution in [3.05, 3.63) is 35.4 Å². The number of carbonyl (C=O) groups excluding carboxylic acids is 1. The summed E-state index contributed by atoms with van der Waals surface area (Å²) in [5, 5.41) is 11.8. The monoisotopic (exact) mass is 258 g/mol. The van der Waals surface area contributed by atoms with Gasteiger partial charge in [-0.3, -0.25) is 4.79 Å². The molecule has 1 aromatic rings. The van der Waals surface area contributed by atoms with Gasteiger partial charge in [-0.2, -0.15) is 5.26 Å². The molecule has 0 aliphatic carbocycles. The molecule has 1 rings (SSSR count). The van der Waals surface area contributed by atoms with Gasteiger partial charge in [0.05, 0.1) is 12.0 Å². The van der Waals surface area contributed by atoms with Crippen molar-refractivity contribution in [1.29, 1.82) is 5.26 Å². The quantitative estimate of drug-likeness (QED) is 0.902. The van der Waals surface area contributed by atoms with E-state index in [0.29, 0.717) is 0 Å². The smallest absolute Gasteiger partial charge is 0.229 e. The third kappa shape index (κ3) is 4.10. The number of benzene rings is 1. The van der Waals surface area contributed by atoms with Crippen molar-refractivity contribution in [3.8, 4) is 6.07 Å². The highest BCUT2D eigenvalue weighted by atomic mass is 16.2. The highest BCUT2D eigenvalue weighted by molar-refractivity contribution is 5.84. The van der Waals surface area contributed by atoms with Gasteiger partial charge in [-0.1, -0.05) is 43.7 Å². The summed E-state index contributed by atoms with van der Waals surface area (Å²) in [7, 11) is 0. The van der Waals surface area contributed by atoms with Crippen LogP contribution in [0.25, 0.3) is 0 Å². The minimum Gasteiger partial charge on any atom is -0.338 e. The molecule has 1 aromatic carbocycles. The lowest BCUT2D eigenvalue weighted by molar-refractivity contribution is -0.124. The average molecular weight is 258 g/mol. The Morgan fingerprint density at radius 3 is 2.21 bits per heavy atom. The lowest BCUT2D eigenvalue weighted by atomic mass is 9.86. The number of nitrogens with zero attached hydrogens (tertiary/aromatic N) is 1. The van der Waals surface area contributed by atoms with Gasteiger partial charge in [-0.25, -0.2) is 0 Å². The summed E-state index contributed by atoms with van der Waals surface area (Å²) in [6, 6.07) is 10.1. The molecule has 0 saturated carbocycles. The Morgan fingerprint density at radius 1 is 1.26 bits per heavy atom. The second-order valence-corrected chi connectivity index (χ2v) is 5.86. The van der Waals surface area contributed by atoms with E-state index in [4.69, 9.17) is 5.26 Å². The van der Waals surface area contributed by atoms with Crippen LogP contribution >= 0.6 is 0 Å². The lowest BCUT2D eigenvalue weighted by Gasteiger charge is -2.25. The Bertz CT molecular complexity index is 480. The molecule has 0 bridgehead atoms. The van der Waals surface area contributed by atoms with E-state index in [9.17, 15) is 4.79 Å². The minimum atomic E-state index is -0.838. The molecule has 0 aromatic heterocycles. The third-order valence-electron chi connectivity index (χ3n) is 3.10. The molecule has 1 atom stereocenters. The van der Waals surface area contributed by atoms with Crippen LogP contribution in [-0.4, -0.2) is 11.4 Å². The number of hydrogen-bond donors (Lipinski definition) is 1. The number of amides is 1. The summed E-state index contributed by atoms with van der Waals surface area (Å²) in [5.41, 5.74) is 1.32. The normalized spacial score (nSPS) is 12.9. The van der Waals surface area contributed by atoms with Gasteiger partial charge < -0.3 is 5.32 Å². The maximum atomic E-state index is 12.4. The van der Waals surface area contributed by atoms with Crippen LogP contribution in [-0.2, 0) is 4.79 Å². The largest absolute Gasteiger partial charge is 0.338 e. The van der Waals surface area contributed by atoms with E-state index in [1.54, 1.807) is 13.8 Å². The molecule has 0 radical (unpaired) electrons. The van der Waals surface area contributed by atoms with Crippen molar-refractivity contribution in [2.45, 2.75) is 46.1 Å². The summed E-state index contributed by atoms with van der Waals surface area (Å²) >= 11 is 0. The first-order valence-corrected chi connectivity index (χ1v) is 6.56.